The predicted octanol–water partition coefficient (Wildman–Crippen LogP) is 2.83. The minimum atomic E-state index is -0.755. The summed E-state index contributed by atoms with van der Waals surface area (Å²) in [6, 6.07) is 0. The van der Waals surface area contributed by atoms with E-state index in [-0.39, 0.29) is 16.9 Å². The van der Waals surface area contributed by atoms with E-state index < -0.39 is 11.4 Å². The summed E-state index contributed by atoms with van der Waals surface area (Å²) < 4.78 is 0. The van der Waals surface area contributed by atoms with Gasteiger partial charge in [0.25, 0.3) is 5.79 Å². The summed E-state index contributed by atoms with van der Waals surface area (Å²) in [6.45, 7) is 13.0. The summed E-state index contributed by atoms with van der Waals surface area (Å²) in [5.74, 6) is -0.362. The maximum absolute atomic E-state index is 5.63. The molecule has 98 valence electrons. The van der Waals surface area contributed by atoms with Crippen molar-refractivity contribution in [2.75, 3.05) is 0 Å². The Morgan fingerprint density at radius 1 is 1.06 bits per heavy atom. The third kappa shape index (κ3) is 1.01. The maximum Gasteiger partial charge on any atom is 0.273 e. The zero-order valence-corrected chi connectivity index (χ0v) is 11.5. The molecule has 2 heterocycles. The first-order chi connectivity index (χ1) is 7.68. The van der Waals surface area contributed by atoms with E-state index in [1.54, 1.807) is 0 Å². The van der Waals surface area contributed by atoms with Gasteiger partial charge in [0.05, 0.1) is 5.41 Å². The molecule has 3 fully saturated rings. The first-order valence-corrected chi connectivity index (χ1v) is 6.39. The third-order valence-electron chi connectivity index (χ3n) is 5.00. The van der Waals surface area contributed by atoms with Gasteiger partial charge in [0, 0.05) is 0 Å². The van der Waals surface area contributed by atoms with E-state index in [9.17, 15) is 0 Å². The van der Waals surface area contributed by atoms with Crippen LogP contribution in [0.25, 0.3) is 0 Å². The van der Waals surface area contributed by atoms with Crippen LogP contribution in [-0.4, -0.2) is 17.5 Å². The predicted molar refractivity (Wildman–Crippen MR) is 60.6 cm³/mol. The lowest BCUT2D eigenvalue weighted by atomic mass is 9.52. The Labute approximate surface area is 102 Å². The van der Waals surface area contributed by atoms with Crippen LogP contribution in [0.5, 0.6) is 0 Å². The van der Waals surface area contributed by atoms with Crippen LogP contribution in [0.15, 0.2) is 0 Å². The van der Waals surface area contributed by atoms with Crippen molar-refractivity contribution in [1.29, 1.82) is 0 Å². The van der Waals surface area contributed by atoms with Gasteiger partial charge >= 0.3 is 0 Å². The second-order valence-corrected chi connectivity index (χ2v) is 7.36. The number of rotatable bonds is 0. The second kappa shape index (κ2) is 2.87. The smallest absolute Gasteiger partial charge is 0.229 e. The molecule has 0 aromatic heterocycles. The molecule has 0 aromatic carbocycles. The maximum atomic E-state index is 5.63. The molecule has 4 unspecified atom stereocenters. The second-order valence-electron chi connectivity index (χ2n) is 7.36. The number of hydrogen-bond acceptors (Lipinski definition) is 4. The summed E-state index contributed by atoms with van der Waals surface area (Å²) >= 11 is 0. The van der Waals surface area contributed by atoms with Gasteiger partial charge in [0.1, 0.15) is 6.10 Å². The molecule has 3 aliphatic rings. The monoisotopic (exact) mass is 242 g/mol. The highest BCUT2D eigenvalue weighted by Crippen LogP contribution is 2.70. The van der Waals surface area contributed by atoms with E-state index in [0.717, 1.165) is 6.42 Å². The van der Waals surface area contributed by atoms with Crippen LogP contribution >= 0.6 is 0 Å². The first kappa shape index (κ1) is 11.9. The van der Waals surface area contributed by atoms with E-state index >= 15 is 0 Å². The average molecular weight is 242 g/mol. The fourth-order valence-electron chi connectivity index (χ4n) is 3.92. The van der Waals surface area contributed by atoms with Crippen LogP contribution in [0.4, 0.5) is 0 Å². The van der Waals surface area contributed by atoms with Gasteiger partial charge in [0.2, 0.25) is 0 Å². The molecule has 4 nitrogen and oxygen atoms in total. The summed E-state index contributed by atoms with van der Waals surface area (Å²) in [7, 11) is 0. The van der Waals surface area contributed by atoms with Crippen molar-refractivity contribution < 1.29 is 19.6 Å². The van der Waals surface area contributed by atoms with Crippen LogP contribution < -0.4 is 0 Å². The summed E-state index contributed by atoms with van der Waals surface area (Å²) in [6.07, 6.45) is 0.979. The molecule has 3 rings (SSSR count). The van der Waals surface area contributed by atoms with Gasteiger partial charge in [-0.2, -0.15) is 9.78 Å². The molecule has 0 radical (unpaired) electrons. The Kier molecular flexibility index (Phi) is 2.01. The Hall–Kier alpha value is -0.160. The van der Waals surface area contributed by atoms with Crippen LogP contribution in [-0.2, 0) is 19.6 Å². The van der Waals surface area contributed by atoms with Crippen LogP contribution in [0.3, 0.4) is 0 Å². The van der Waals surface area contributed by atoms with Gasteiger partial charge in [-0.05, 0) is 17.8 Å². The van der Waals surface area contributed by atoms with Crippen molar-refractivity contribution >= 4 is 0 Å². The Morgan fingerprint density at radius 2 is 1.71 bits per heavy atom. The zero-order valence-electron chi connectivity index (χ0n) is 11.5. The van der Waals surface area contributed by atoms with Gasteiger partial charge in [-0.15, -0.1) is 0 Å². The summed E-state index contributed by atoms with van der Waals surface area (Å²) in [5.41, 5.74) is -0.679. The molecule has 2 bridgehead atoms. The molecule has 1 aliphatic carbocycles. The van der Waals surface area contributed by atoms with E-state index in [4.69, 9.17) is 19.6 Å². The van der Waals surface area contributed by atoms with E-state index in [2.05, 4.69) is 41.5 Å². The molecule has 1 spiro atoms. The standard InChI is InChI=1S/C13H22O4/c1-8-7-12(10(2,3)4)13(17-15-12)11(5,6)9(8)14-16-13/h8-9H,7H2,1-6H3. The minimum absolute atomic E-state index is 0.0601. The fraction of sp³-hybridized carbons (Fsp3) is 1.00. The van der Waals surface area contributed by atoms with Crippen molar-refractivity contribution in [3.05, 3.63) is 0 Å². The van der Waals surface area contributed by atoms with Gasteiger partial charge in [-0.25, -0.2) is 9.78 Å². The normalized spacial score (nSPS) is 51.9. The van der Waals surface area contributed by atoms with E-state index in [1.807, 2.05) is 0 Å². The molecule has 2 saturated heterocycles. The third-order valence-corrected chi connectivity index (χ3v) is 5.00. The summed E-state index contributed by atoms with van der Waals surface area (Å²) in [5, 5.41) is 0. The zero-order chi connectivity index (χ0) is 12.7. The van der Waals surface area contributed by atoms with Gasteiger partial charge < -0.3 is 0 Å². The molecule has 0 aromatic rings. The van der Waals surface area contributed by atoms with Crippen LogP contribution in [0.1, 0.15) is 48.0 Å². The van der Waals surface area contributed by atoms with Gasteiger partial charge in [-0.3, -0.25) is 0 Å². The van der Waals surface area contributed by atoms with Crippen molar-refractivity contribution in [3.63, 3.8) is 0 Å². The fourth-order valence-corrected chi connectivity index (χ4v) is 3.92. The Morgan fingerprint density at radius 3 is 2.18 bits per heavy atom. The molecule has 4 atom stereocenters. The average Bonchev–Trinajstić information content (AvgIpc) is 2.38. The highest BCUT2D eigenvalue weighted by Gasteiger charge is 2.84. The van der Waals surface area contributed by atoms with Crippen molar-refractivity contribution in [3.8, 4) is 0 Å². The number of hydrogen-bond donors (Lipinski definition) is 0. The lowest BCUT2D eigenvalue weighted by Gasteiger charge is -2.65. The van der Waals surface area contributed by atoms with Crippen molar-refractivity contribution in [2.45, 2.75) is 65.5 Å². The van der Waals surface area contributed by atoms with Crippen LogP contribution in [0.2, 0.25) is 0 Å². The minimum Gasteiger partial charge on any atom is -0.229 e. The topological polar surface area (TPSA) is 36.9 Å². The van der Waals surface area contributed by atoms with Crippen LogP contribution in [0, 0.1) is 16.7 Å². The van der Waals surface area contributed by atoms with E-state index in [1.165, 1.54) is 0 Å². The molecule has 4 heteroatoms. The molecule has 17 heavy (non-hydrogen) atoms. The highest BCUT2D eigenvalue weighted by molar-refractivity contribution is 5.20. The molecular formula is C13H22O4. The molecular weight excluding hydrogens is 220 g/mol. The molecule has 0 amide bonds. The lowest BCUT2D eigenvalue weighted by molar-refractivity contribution is -0.661. The largest absolute Gasteiger partial charge is 0.273 e. The lowest BCUT2D eigenvalue weighted by Crippen LogP contribution is -2.80. The molecule has 1 saturated carbocycles. The quantitative estimate of drug-likeness (QED) is 0.612. The highest BCUT2D eigenvalue weighted by atomic mass is 17.4. The molecule has 2 aliphatic heterocycles. The first-order valence-electron chi connectivity index (χ1n) is 6.39. The summed E-state index contributed by atoms with van der Waals surface area (Å²) in [4.78, 5) is 22.2. The van der Waals surface area contributed by atoms with E-state index in [0.29, 0.717) is 5.92 Å². The van der Waals surface area contributed by atoms with Crippen molar-refractivity contribution in [2.24, 2.45) is 16.7 Å². The van der Waals surface area contributed by atoms with Gasteiger partial charge in [0.15, 0.2) is 5.60 Å². The number of fused-ring (bicyclic) bond motifs is 1. The van der Waals surface area contributed by atoms with Gasteiger partial charge in [-0.1, -0.05) is 41.5 Å². The molecule has 0 N–H and O–H groups in total. The van der Waals surface area contributed by atoms with Crippen molar-refractivity contribution in [1.82, 2.24) is 0 Å². The SMILES string of the molecule is CC1CC2(C(C)(C)C)OOC23OOC1C3(C)C. The Bertz CT molecular complexity index is 359. The Balaban J connectivity index is 2.14.